The zero-order valence-electron chi connectivity index (χ0n) is 13.5. The lowest BCUT2D eigenvalue weighted by atomic mass is 10.1. The summed E-state index contributed by atoms with van der Waals surface area (Å²) in [6.45, 7) is 0. The van der Waals surface area contributed by atoms with Crippen LogP contribution in [0.2, 0.25) is 5.02 Å². The van der Waals surface area contributed by atoms with Crippen LogP contribution in [0.25, 0.3) is 0 Å². The smallest absolute Gasteiger partial charge is 0.313 e. The van der Waals surface area contributed by atoms with Gasteiger partial charge >= 0.3 is 11.8 Å². The number of amides is 1. The molecule has 0 atom stereocenters. The van der Waals surface area contributed by atoms with Crippen LogP contribution in [0.15, 0.2) is 52.9 Å². The molecule has 25 heavy (non-hydrogen) atoms. The average molecular weight is 358 g/mol. The number of aryl methyl sites for hydroxylation is 2. The molecule has 0 aliphatic heterocycles. The van der Waals surface area contributed by atoms with Gasteiger partial charge in [-0.3, -0.25) is 4.79 Å². The number of methoxy groups -OCH3 is 1. The van der Waals surface area contributed by atoms with Gasteiger partial charge < -0.3 is 14.5 Å². The molecule has 6 nitrogen and oxygen atoms in total. The molecular weight excluding hydrogens is 342 g/mol. The quantitative estimate of drug-likeness (QED) is 0.726. The van der Waals surface area contributed by atoms with E-state index in [0.717, 1.165) is 6.42 Å². The van der Waals surface area contributed by atoms with Gasteiger partial charge in [0.2, 0.25) is 5.89 Å². The van der Waals surface area contributed by atoms with E-state index in [1.807, 2.05) is 30.3 Å². The maximum Gasteiger partial charge on any atom is 0.313 e. The fourth-order valence-electron chi connectivity index (χ4n) is 2.27. The van der Waals surface area contributed by atoms with E-state index in [4.69, 9.17) is 20.8 Å². The van der Waals surface area contributed by atoms with Crippen LogP contribution >= 0.6 is 11.6 Å². The molecule has 0 unspecified atom stereocenters. The molecule has 1 N–H and O–H groups in total. The number of rotatable bonds is 6. The molecule has 0 spiro atoms. The Morgan fingerprint density at radius 1 is 1.16 bits per heavy atom. The van der Waals surface area contributed by atoms with Crippen LogP contribution in [0.1, 0.15) is 22.1 Å². The number of aromatic nitrogens is 2. The van der Waals surface area contributed by atoms with Crippen molar-refractivity contribution in [1.82, 2.24) is 10.2 Å². The second-order valence-electron chi connectivity index (χ2n) is 5.29. The van der Waals surface area contributed by atoms with Crippen molar-refractivity contribution in [2.75, 3.05) is 12.4 Å². The highest BCUT2D eigenvalue weighted by atomic mass is 35.5. The number of anilines is 1. The monoisotopic (exact) mass is 357 g/mol. The molecule has 0 bridgehead atoms. The summed E-state index contributed by atoms with van der Waals surface area (Å²) in [6, 6.07) is 14.9. The van der Waals surface area contributed by atoms with Gasteiger partial charge in [-0.2, -0.15) is 0 Å². The van der Waals surface area contributed by atoms with Gasteiger partial charge in [-0.05, 0) is 30.2 Å². The predicted molar refractivity (Wildman–Crippen MR) is 94.1 cm³/mol. The van der Waals surface area contributed by atoms with Crippen molar-refractivity contribution in [3.8, 4) is 5.75 Å². The van der Waals surface area contributed by atoms with E-state index in [1.165, 1.54) is 12.7 Å². The summed E-state index contributed by atoms with van der Waals surface area (Å²) in [4.78, 5) is 12.2. The minimum absolute atomic E-state index is 0.0880. The fourth-order valence-corrected chi connectivity index (χ4v) is 2.53. The standard InChI is InChI=1S/C18H16ClN3O3/c1-24-15-9-8-13(11-14(15)19)20-17(23)18-22-21-16(25-18)10-7-12-5-3-2-4-6-12/h2-6,8-9,11H,7,10H2,1H3,(H,20,23). The van der Waals surface area contributed by atoms with E-state index in [2.05, 4.69) is 15.5 Å². The van der Waals surface area contributed by atoms with E-state index in [0.29, 0.717) is 28.8 Å². The SMILES string of the molecule is COc1ccc(NC(=O)c2nnc(CCc3ccccc3)o2)cc1Cl. The Labute approximate surface area is 149 Å². The Balaban J connectivity index is 1.61. The highest BCUT2D eigenvalue weighted by molar-refractivity contribution is 6.32. The molecule has 1 heterocycles. The van der Waals surface area contributed by atoms with Gasteiger partial charge in [0.1, 0.15) is 5.75 Å². The molecule has 1 amide bonds. The van der Waals surface area contributed by atoms with E-state index in [-0.39, 0.29) is 5.89 Å². The minimum Gasteiger partial charge on any atom is -0.495 e. The van der Waals surface area contributed by atoms with Crippen LogP contribution in [0.4, 0.5) is 5.69 Å². The minimum atomic E-state index is -0.486. The molecule has 3 rings (SSSR count). The van der Waals surface area contributed by atoms with Gasteiger partial charge in [0.25, 0.3) is 0 Å². The molecule has 0 aliphatic carbocycles. The number of carbonyl (C=O) groups excluding carboxylic acids is 1. The third-order valence-corrected chi connectivity index (χ3v) is 3.84. The molecule has 2 aromatic carbocycles. The first-order valence-corrected chi connectivity index (χ1v) is 8.04. The number of hydrogen-bond acceptors (Lipinski definition) is 5. The van der Waals surface area contributed by atoms with Crippen molar-refractivity contribution in [1.29, 1.82) is 0 Å². The summed E-state index contributed by atoms with van der Waals surface area (Å²) in [5.41, 5.74) is 1.68. The lowest BCUT2D eigenvalue weighted by Gasteiger charge is -2.06. The number of nitrogens with zero attached hydrogens (tertiary/aromatic N) is 2. The van der Waals surface area contributed by atoms with Crippen LogP contribution in [-0.2, 0) is 12.8 Å². The molecule has 0 saturated heterocycles. The van der Waals surface area contributed by atoms with Crippen molar-refractivity contribution in [3.63, 3.8) is 0 Å². The molecular formula is C18H16ClN3O3. The van der Waals surface area contributed by atoms with Gasteiger partial charge in [0.15, 0.2) is 0 Å². The topological polar surface area (TPSA) is 77.2 Å². The maximum atomic E-state index is 12.2. The Hall–Kier alpha value is -2.86. The number of nitrogens with one attached hydrogen (secondary N) is 1. The first-order chi connectivity index (χ1) is 12.2. The average Bonchev–Trinajstić information content (AvgIpc) is 3.10. The molecule has 7 heteroatoms. The summed E-state index contributed by atoms with van der Waals surface area (Å²) >= 11 is 6.03. The third-order valence-electron chi connectivity index (χ3n) is 3.54. The van der Waals surface area contributed by atoms with Crippen LogP contribution < -0.4 is 10.1 Å². The van der Waals surface area contributed by atoms with Crippen LogP contribution in [0, 0.1) is 0 Å². The molecule has 0 radical (unpaired) electrons. The summed E-state index contributed by atoms with van der Waals surface area (Å²) < 4.78 is 10.5. The molecule has 1 aromatic heterocycles. The predicted octanol–water partition coefficient (Wildman–Crippen LogP) is 3.77. The highest BCUT2D eigenvalue weighted by Gasteiger charge is 2.15. The first-order valence-electron chi connectivity index (χ1n) is 7.67. The summed E-state index contributed by atoms with van der Waals surface area (Å²) in [5, 5.41) is 10.8. The van der Waals surface area contributed by atoms with Gasteiger partial charge in [-0.15, -0.1) is 10.2 Å². The summed E-state index contributed by atoms with van der Waals surface area (Å²) in [5.74, 6) is 0.372. The Morgan fingerprint density at radius 3 is 2.68 bits per heavy atom. The van der Waals surface area contributed by atoms with E-state index in [9.17, 15) is 4.79 Å². The third kappa shape index (κ3) is 4.36. The second-order valence-corrected chi connectivity index (χ2v) is 5.70. The molecule has 128 valence electrons. The van der Waals surface area contributed by atoms with Crippen molar-refractivity contribution in [2.24, 2.45) is 0 Å². The van der Waals surface area contributed by atoms with E-state index in [1.54, 1.807) is 18.2 Å². The Bertz CT molecular complexity index is 865. The summed E-state index contributed by atoms with van der Waals surface area (Å²) in [7, 11) is 1.52. The Kier molecular flexibility index (Phi) is 5.30. The first kappa shape index (κ1) is 17.0. The van der Waals surface area contributed by atoms with Crippen LogP contribution in [0.3, 0.4) is 0 Å². The normalized spacial score (nSPS) is 10.5. The number of hydrogen-bond donors (Lipinski definition) is 1. The van der Waals surface area contributed by atoms with Gasteiger partial charge in [0, 0.05) is 12.1 Å². The van der Waals surface area contributed by atoms with Crippen LogP contribution in [-0.4, -0.2) is 23.2 Å². The number of benzene rings is 2. The van der Waals surface area contributed by atoms with Crippen molar-refractivity contribution in [3.05, 3.63) is 70.9 Å². The molecule has 0 fully saturated rings. The van der Waals surface area contributed by atoms with E-state index >= 15 is 0 Å². The molecule has 3 aromatic rings. The lowest BCUT2D eigenvalue weighted by Crippen LogP contribution is -2.12. The highest BCUT2D eigenvalue weighted by Crippen LogP contribution is 2.27. The maximum absolute atomic E-state index is 12.2. The molecule has 0 saturated carbocycles. The zero-order chi connectivity index (χ0) is 17.6. The van der Waals surface area contributed by atoms with Gasteiger partial charge in [-0.25, -0.2) is 0 Å². The molecule has 0 aliphatic rings. The van der Waals surface area contributed by atoms with Crippen molar-refractivity contribution >= 4 is 23.2 Å². The van der Waals surface area contributed by atoms with Gasteiger partial charge in [0.05, 0.1) is 12.1 Å². The van der Waals surface area contributed by atoms with Crippen molar-refractivity contribution < 1.29 is 13.9 Å². The zero-order valence-corrected chi connectivity index (χ0v) is 14.3. The fraction of sp³-hybridized carbons (Fsp3) is 0.167. The van der Waals surface area contributed by atoms with Crippen molar-refractivity contribution in [2.45, 2.75) is 12.8 Å². The largest absolute Gasteiger partial charge is 0.495 e. The number of ether oxygens (including phenoxy) is 1. The van der Waals surface area contributed by atoms with E-state index < -0.39 is 5.91 Å². The number of carbonyl (C=O) groups is 1. The van der Waals surface area contributed by atoms with Crippen LogP contribution in [0.5, 0.6) is 5.75 Å². The summed E-state index contributed by atoms with van der Waals surface area (Å²) in [6.07, 6.45) is 1.33. The Morgan fingerprint density at radius 2 is 1.96 bits per heavy atom. The lowest BCUT2D eigenvalue weighted by molar-refractivity contribution is 0.0988. The second kappa shape index (κ2) is 7.81. The number of halogens is 1. The van der Waals surface area contributed by atoms with Gasteiger partial charge in [-0.1, -0.05) is 41.9 Å².